The Morgan fingerprint density at radius 3 is 2.84 bits per heavy atom. The minimum Gasteiger partial charge on any atom is -0.354 e. The number of aromatic nitrogens is 2. The number of carbonyl (C=O) groups is 2. The van der Waals surface area contributed by atoms with E-state index in [1.165, 1.54) is 6.92 Å². The normalized spacial score (nSPS) is 15.4. The number of amides is 1. The number of hydrogen-bond donors (Lipinski definition) is 2. The molecule has 3 rings (SSSR count). The van der Waals surface area contributed by atoms with Crippen molar-refractivity contribution < 1.29 is 9.59 Å². The van der Waals surface area contributed by atoms with Gasteiger partial charge in [0.15, 0.2) is 0 Å². The van der Waals surface area contributed by atoms with Crippen LogP contribution in [-0.2, 0) is 16.0 Å². The third-order valence-corrected chi connectivity index (χ3v) is 5.10. The Kier molecular flexibility index (Phi) is 7.55. The van der Waals surface area contributed by atoms with E-state index < -0.39 is 0 Å². The van der Waals surface area contributed by atoms with Gasteiger partial charge in [-0.15, -0.1) is 0 Å². The summed E-state index contributed by atoms with van der Waals surface area (Å²) in [5.41, 5.74) is 2.27. The highest BCUT2D eigenvalue weighted by Crippen LogP contribution is 2.23. The predicted molar refractivity (Wildman–Crippen MR) is 119 cm³/mol. The molecule has 1 aliphatic rings. The van der Waals surface area contributed by atoms with E-state index in [1.54, 1.807) is 12.1 Å². The maximum Gasteiger partial charge on any atom is 0.229 e. The average Bonchev–Trinajstić information content (AvgIpc) is 3.21. The Balaban J connectivity index is 1.71. The molecule has 8 heteroatoms. The van der Waals surface area contributed by atoms with E-state index in [1.807, 2.05) is 18.2 Å². The molecule has 2 N–H and O–H groups in total. The fourth-order valence-corrected chi connectivity index (χ4v) is 3.56. The number of hydrogen-bond acceptors (Lipinski definition) is 7. The monoisotopic (exact) mass is 420 g/mol. The molecule has 0 radical (unpaired) electrons. The summed E-state index contributed by atoms with van der Waals surface area (Å²) in [6, 6.07) is 11.4. The van der Waals surface area contributed by atoms with Crippen LogP contribution in [0.15, 0.2) is 30.3 Å². The summed E-state index contributed by atoms with van der Waals surface area (Å²) in [5.74, 6) is 1.24. The zero-order valence-corrected chi connectivity index (χ0v) is 18.0. The molecule has 1 atom stereocenters. The van der Waals surface area contributed by atoms with Crippen LogP contribution in [0, 0.1) is 11.3 Å². The number of carbonyl (C=O) groups excluding carboxylic acids is 2. The second kappa shape index (κ2) is 10.5. The van der Waals surface area contributed by atoms with Gasteiger partial charge in [-0.2, -0.15) is 10.2 Å². The first-order valence-electron chi connectivity index (χ1n) is 10.7. The van der Waals surface area contributed by atoms with Crippen molar-refractivity contribution in [2.75, 3.05) is 23.3 Å². The summed E-state index contributed by atoms with van der Waals surface area (Å²) in [4.78, 5) is 34.6. The molecular formula is C23H28N6O2. The van der Waals surface area contributed by atoms with Crippen LogP contribution in [-0.4, -0.2) is 40.8 Å². The third kappa shape index (κ3) is 6.51. The molecule has 2 aromatic rings. The number of nitriles is 1. The van der Waals surface area contributed by atoms with E-state index in [9.17, 15) is 9.59 Å². The van der Waals surface area contributed by atoms with Gasteiger partial charge in [-0.1, -0.05) is 19.4 Å². The number of aryl methyl sites for hydroxylation is 1. The van der Waals surface area contributed by atoms with Crippen molar-refractivity contribution in [2.24, 2.45) is 0 Å². The third-order valence-electron chi connectivity index (χ3n) is 5.10. The zero-order chi connectivity index (χ0) is 22.2. The number of nitrogens with zero attached hydrogens (tertiary/aromatic N) is 4. The molecule has 1 saturated heterocycles. The second-order valence-electron chi connectivity index (χ2n) is 7.81. The van der Waals surface area contributed by atoms with Gasteiger partial charge in [0.25, 0.3) is 0 Å². The standard InChI is InChI=1S/C23H28N6O2/c1-3-5-18-13-21(28-23(26-18)27-19-7-4-6-17(12-19)14-24)29-11-10-20(15-29)25-22(31)9-8-16(2)30/h4,6-7,12-13,20H,3,5,8-11,15H2,1-2H3,(H,25,31)(H,26,27,28)/t20-/m0/s1. The van der Waals surface area contributed by atoms with Crippen molar-refractivity contribution in [1.82, 2.24) is 15.3 Å². The molecule has 0 aliphatic carbocycles. The van der Waals surface area contributed by atoms with Gasteiger partial charge in [0.05, 0.1) is 11.6 Å². The lowest BCUT2D eigenvalue weighted by Gasteiger charge is -2.20. The first-order chi connectivity index (χ1) is 15.0. The Bertz CT molecular complexity index is 984. The number of anilines is 3. The zero-order valence-electron chi connectivity index (χ0n) is 18.0. The molecule has 2 heterocycles. The molecule has 0 spiro atoms. The summed E-state index contributed by atoms with van der Waals surface area (Å²) >= 11 is 0. The highest BCUT2D eigenvalue weighted by molar-refractivity contribution is 5.83. The molecule has 1 aromatic heterocycles. The van der Waals surface area contributed by atoms with Crippen molar-refractivity contribution in [1.29, 1.82) is 5.26 Å². The van der Waals surface area contributed by atoms with Gasteiger partial charge in [0.1, 0.15) is 11.6 Å². The summed E-state index contributed by atoms with van der Waals surface area (Å²) in [6.45, 7) is 5.05. The van der Waals surface area contributed by atoms with Crippen molar-refractivity contribution in [3.05, 3.63) is 41.6 Å². The van der Waals surface area contributed by atoms with E-state index in [2.05, 4.69) is 38.5 Å². The van der Waals surface area contributed by atoms with Crippen LogP contribution in [0.25, 0.3) is 0 Å². The lowest BCUT2D eigenvalue weighted by molar-refractivity contribution is -0.125. The van der Waals surface area contributed by atoms with Gasteiger partial charge in [0.2, 0.25) is 11.9 Å². The minimum atomic E-state index is -0.0869. The molecule has 31 heavy (non-hydrogen) atoms. The van der Waals surface area contributed by atoms with Crippen LogP contribution >= 0.6 is 0 Å². The minimum absolute atomic E-state index is 0.0213. The van der Waals surface area contributed by atoms with Crippen molar-refractivity contribution in [3.8, 4) is 6.07 Å². The smallest absolute Gasteiger partial charge is 0.229 e. The lowest BCUT2D eigenvalue weighted by atomic mass is 10.2. The number of ketones is 1. The highest BCUT2D eigenvalue weighted by Gasteiger charge is 2.25. The number of Topliss-reactive ketones (excluding diaryl/α,β-unsaturated/α-hetero) is 1. The van der Waals surface area contributed by atoms with Crippen LogP contribution in [0.5, 0.6) is 0 Å². The van der Waals surface area contributed by atoms with E-state index in [-0.39, 0.29) is 30.6 Å². The van der Waals surface area contributed by atoms with Gasteiger partial charge < -0.3 is 20.3 Å². The SMILES string of the molecule is CCCc1cc(N2CC[C@H](NC(=O)CCC(C)=O)C2)nc(Nc2cccc(C#N)c2)n1. The first-order valence-corrected chi connectivity index (χ1v) is 10.7. The average molecular weight is 421 g/mol. The lowest BCUT2D eigenvalue weighted by Crippen LogP contribution is -2.37. The van der Waals surface area contributed by atoms with Crippen LogP contribution in [0.2, 0.25) is 0 Å². The van der Waals surface area contributed by atoms with E-state index in [0.29, 0.717) is 18.1 Å². The molecule has 162 valence electrons. The molecule has 1 amide bonds. The second-order valence-corrected chi connectivity index (χ2v) is 7.81. The molecular weight excluding hydrogens is 392 g/mol. The van der Waals surface area contributed by atoms with Crippen molar-refractivity contribution in [2.45, 2.75) is 52.0 Å². The predicted octanol–water partition coefficient (Wildman–Crippen LogP) is 3.11. The molecule has 8 nitrogen and oxygen atoms in total. The molecule has 0 bridgehead atoms. The quantitative estimate of drug-likeness (QED) is 0.641. The summed E-state index contributed by atoms with van der Waals surface area (Å²) < 4.78 is 0. The Morgan fingerprint density at radius 1 is 1.26 bits per heavy atom. The number of rotatable bonds is 9. The molecule has 1 aliphatic heterocycles. The molecule has 1 aromatic carbocycles. The van der Waals surface area contributed by atoms with Crippen molar-refractivity contribution in [3.63, 3.8) is 0 Å². The topological polar surface area (TPSA) is 111 Å². The van der Waals surface area contributed by atoms with Gasteiger partial charge in [-0.05, 0) is 38.0 Å². The Morgan fingerprint density at radius 2 is 2.10 bits per heavy atom. The van der Waals surface area contributed by atoms with Crippen LogP contribution < -0.4 is 15.5 Å². The summed E-state index contributed by atoms with van der Waals surface area (Å²) in [6.07, 6.45) is 3.13. The fourth-order valence-electron chi connectivity index (χ4n) is 3.56. The Hall–Kier alpha value is -3.47. The van der Waals surface area contributed by atoms with Crippen LogP contribution in [0.3, 0.4) is 0 Å². The number of benzene rings is 1. The van der Waals surface area contributed by atoms with Crippen LogP contribution in [0.1, 0.15) is 50.8 Å². The molecule has 1 fully saturated rings. The maximum absolute atomic E-state index is 12.1. The fraction of sp³-hybridized carbons (Fsp3) is 0.435. The summed E-state index contributed by atoms with van der Waals surface area (Å²) in [7, 11) is 0. The van der Waals surface area contributed by atoms with Gasteiger partial charge in [-0.25, -0.2) is 4.98 Å². The van der Waals surface area contributed by atoms with Gasteiger partial charge in [0, 0.05) is 49.4 Å². The highest BCUT2D eigenvalue weighted by atomic mass is 16.2. The maximum atomic E-state index is 12.1. The summed E-state index contributed by atoms with van der Waals surface area (Å²) in [5, 5.41) is 15.3. The molecule has 0 saturated carbocycles. The van der Waals surface area contributed by atoms with E-state index in [4.69, 9.17) is 5.26 Å². The largest absolute Gasteiger partial charge is 0.354 e. The van der Waals surface area contributed by atoms with Gasteiger partial charge >= 0.3 is 0 Å². The number of nitrogens with one attached hydrogen (secondary N) is 2. The van der Waals surface area contributed by atoms with Gasteiger partial charge in [-0.3, -0.25) is 4.79 Å². The first kappa shape index (κ1) is 22.2. The van der Waals surface area contributed by atoms with E-state index >= 15 is 0 Å². The van der Waals surface area contributed by atoms with Crippen LogP contribution in [0.4, 0.5) is 17.5 Å². The molecule has 0 unspecified atom stereocenters. The van der Waals surface area contributed by atoms with Crippen molar-refractivity contribution >= 4 is 29.1 Å². The van der Waals surface area contributed by atoms with E-state index in [0.717, 1.165) is 43.0 Å². The Labute approximate surface area is 182 Å².